The average Bonchev–Trinajstić information content (AvgIpc) is 3.39. The van der Waals surface area contributed by atoms with Crippen LogP contribution in [0.25, 0.3) is 22.3 Å². The van der Waals surface area contributed by atoms with E-state index in [2.05, 4.69) is 42.9 Å². The number of hydrogen-bond acceptors (Lipinski definition) is 7. The van der Waals surface area contributed by atoms with Gasteiger partial charge in [0.1, 0.15) is 12.4 Å². The van der Waals surface area contributed by atoms with Crippen molar-refractivity contribution in [1.82, 2.24) is 30.7 Å². The van der Waals surface area contributed by atoms with Crippen molar-refractivity contribution >= 4 is 22.5 Å². The van der Waals surface area contributed by atoms with Crippen molar-refractivity contribution in [2.45, 2.75) is 12.5 Å². The lowest BCUT2D eigenvalue weighted by molar-refractivity contribution is -0.0918. The van der Waals surface area contributed by atoms with Crippen LogP contribution in [0, 0.1) is 0 Å². The van der Waals surface area contributed by atoms with Gasteiger partial charge in [0.15, 0.2) is 5.82 Å². The average molecular weight is 405 g/mol. The number of rotatable bonds is 8. The second kappa shape index (κ2) is 7.77. The number of nitrogens with one attached hydrogen (secondary N) is 4. The van der Waals surface area contributed by atoms with Crippen LogP contribution in [-0.4, -0.2) is 57.3 Å². The molecule has 9 heteroatoms. The van der Waals surface area contributed by atoms with Crippen molar-refractivity contribution in [2.24, 2.45) is 0 Å². The number of hydrogen-bond donors (Lipinski definition) is 4. The Hall–Kier alpha value is -3.43. The van der Waals surface area contributed by atoms with E-state index in [4.69, 9.17) is 9.47 Å². The molecule has 9 nitrogen and oxygen atoms in total. The molecule has 0 amide bonds. The lowest BCUT2D eigenvalue weighted by Gasteiger charge is -2.41. The lowest BCUT2D eigenvalue weighted by atomic mass is 9.99. The fourth-order valence-electron chi connectivity index (χ4n) is 3.49. The quantitative estimate of drug-likeness (QED) is 0.356. The van der Waals surface area contributed by atoms with Gasteiger partial charge in [-0.1, -0.05) is 6.92 Å². The number of nitrogens with zero attached hydrogens (tertiary/aromatic N) is 3. The minimum atomic E-state index is -0.0722. The summed E-state index contributed by atoms with van der Waals surface area (Å²) in [6, 6.07) is 13.7. The fourth-order valence-corrected chi connectivity index (χ4v) is 3.49. The predicted molar refractivity (Wildman–Crippen MR) is 114 cm³/mol. The number of likely N-dealkylation sites (N-methyl/N-ethyl adjacent to an activating group) is 1. The molecule has 1 fully saturated rings. The van der Waals surface area contributed by atoms with Crippen molar-refractivity contribution in [2.75, 3.05) is 31.7 Å². The number of aromatic amines is 2. The molecule has 1 aliphatic heterocycles. The van der Waals surface area contributed by atoms with Crippen molar-refractivity contribution < 1.29 is 9.47 Å². The highest BCUT2D eigenvalue weighted by Gasteiger charge is 2.38. The molecule has 2 aromatic carbocycles. The molecule has 154 valence electrons. The molecular weight excluding hydrogens is 382 g/mol. The molecule has 0 radical (unpaired) electrons. The SMILES string of the molecule is CCNC1(COc2ccc(-c3n[nH]c(Nc4ccc5[nH]ncc5c4)n3)cc2)COC1. The van der Waals surface area contributed by atoms with Crippen LogP contribution in [0.1, 0.15) is 6.92 Å². The van der Waals surface area contributed by atoms with Gasteiger partial charge in [-0.25, -0.2) is 5.10 Å². The molecule has 4 N–H and O–H groups in total. The Morgan fingerprint density at radius 2 is 2.00 bits per heavy atom. The summed E-state index contributed by atoms with van der Waals surface area (Å²) in [5.41, 5.74) is 2.73. The van der Waals surface area contributed by atoms with Crippen LogP contribution in [0.2, 0.25) is 0 Å². The largest absolute Gasteiger partial charge is 0.491 e. The molecule has 0 spiro atoms. The monoisotopic (exact) mass is 405 g/mol. The van der Waals surface area contributed by atoms with Gasteiger partial charge < -0.3 is 20.1 Å². The standard InChI is InChI=1S/C21H23N7O2/c1-2-22-21(11-29-12-21)13-30-17-6-3-14(4-7-17)19-25-20(28-27-19)24-16-5-8-18-15(9-16)10-23-26-18/h3-10,22H,2,11-13H2,1H3,(H,23,26)(H2,24,25,27,28). The van der Waals surface area contributed by atoms with Crippen LogP contribution in [0.15, 0.2) is 48.7 Å². The Morgan fingerprint density at radius 1 is 1.13 bits per heavy atom. The number of fused-ring (bicyclic) bond motifs is 1. The number of aromatic nitrogens is 5. The molecule has 0 bridgehead atoms. The smallest absolute Gasteiger partial charge is 0.223 e. The van der Waals surface area contributed by atoms with E-state index in [-0.39, 0.29) is 5.54 Å². The predicted octanol–water partition coefficient (Wildman–Crippen LogP) is 2.85. The molecule has 4 aromatic rings. The first-order valence-corrected chi connectivity index (χ1v) is 9.92. The van der Waals surface area contributed by atoms with E-state index in [1.54, 1.807) is 6.20 Å². The molecule has 3 heterocycles. The summed E-state index contributed by atoms with van der Waals surface area (Å²) >= 11 is 0. The fraction of sp³-hybridized carbons (Fsp3) is 0.286. The molecule has 0 atom stereocenters. The minimum Gasteiger partial charge on any atom is -0.491 e. The zero-order valence-corrected chi connectivity index (χ0v) is 16.6. The molecule has 2 aromatic heterocycles. The van der Waals surface area contributed by atoms with Crippen LogP contribution in [0.5, 0.6) is 5.75 Å². The number of benzene rings is 2. The van der Waals surface area contributed by atoms with E-state index in [9.17, 15) is 0 Å². The molecular formula is C21H23N7O2. The lowest BCUT2D eigenvalue weighted by Crippen LogP contribution is -2.63. The van der Waals surface area contributed by atoms with E-state index in [1.165, 1.54) is 0 Å². The second-order valence-corrected chi connectivity index (χ2v) is 7.42. The van der Waals surface area contributed by atoms with Crippen LogP contribution < -0.4 is 15.4 Å². The van der Waals surface area contributed by atoms with E-state index >= 15 is 0 Å². The van der Waals surface area contributed by atoms with E-state index < -0.39 is 0 Å². The summed E-state index contributed by atoms with van der Waals surface area (Å²) in [6.45, 7) is 4.92. The highest BCUT2D eigenvalue weighted by atomic mass is 16.5. The molecule has 0 unspecified atom stereocenters. The summed E-state index contributed by atoms with van der Waals surface area (Å²) in [6.07, 6.45) is 1.79. The maximum Gasteiger partial charge on any atom is 0.223 e. The molecule has 5 rings (SSSR count). The first kappa shape index (κ1) is 18.6. The van der Waals surface area contributed by atoms with Gasteiger partial charge in [0.25, 0.3) is 0 Å². The summed E-state index contributed by atoms with van der Waals surface area (Å²) in [7, 11) is 0. The molecule has 0 saturated carbocycles. The summed E-state index contributed by atoms with van der Waals surface area (Å²) in [4.78, 5) is 4.54. The first-order valence-electron chi connectivity index (χ1n) is 9.92. The number of ether oxygens (including phenoxy) is 2. The third-order valence-corrected chi connectivity index (χ3v) is 5.12. The summed E-state index contributed by atoms with van der Waals surface area (Å²) in [5, 5.41) is 21.9. The van der Waals surface area contributed by atoms with Gasteiger partial charge in [-0.15, -0.1) is 0 Å². The van der Waals surface area contributed by atoms with Gasteiger partial charge >= 0.3 is 0 Å². The van der Waals surface area contributed by atoms with Gasteiger partial charge in [0.2, 0.25) is 5.95 Å². The molecule has 1 aliphatic rings. The summed E-state index contributed by atoms with van der Waals surface area (Å²) < 4.78 is 11.3. The van der Waals surface area contributed by atoms with Gasteiger partial charge in [0.05, 0.1) is 30.5 Å². The van der Waals surface area contributed by atoms with Crippen LogP contribution in [0.4, 0.5) is 11.6 Å². The minimum absolute atomic E-state index is 0.0722. The van der Waals surface area contributed by atoms with Gasteiger partial charge in [-0.3, -0.25) is 5.10 Å². The normalized spacial score (nSPS) is 15.1. The van der Waals surface area contributed by atoms with Crippen molar-refractivity contribution in [3.05, 3.63) is 48.7 Å². The zero-order valence-electron chi connectivity index (χ0n) is 16.6. The van der Waals surface area contributed by atoms with Crippen molar-refractivity contribution in [3.63, 3.8) is 0 Å². The van der Waals surface area contributed by atoms with Crippen LogP contribution in [0.3, 0.4) is 0 Å². The maximum absolute atomic E-state index is 5.96. The Kier molecular flexibility index (Phi) is 4.82. The van der Waals surface area contributed by atoms with E-state index in [0.717, 1.165) is 34.4 Å². The first-order chi connectivity index (χ1) is 14.7. The Labute approximate surface area is 173 Å². The Balaban J connectivity index is 1.23. The van der Waals surface area contributed by atoms with Crippen molar-refractivity contribution in [1.29, 1.82) is 0 Å². The topological polar surface area (TPSA) is 113 Å². The van der Waals surface area contributed by atoms with Crippen LogP contribution >= 0.6 is 0 Å². The van der Waals surface area contributed by atoms with Crippen molar-refractivity contribution in [3.8, 4) is 17.1 Å². The zero-order chi connectivity index (χ0) is 20.4. The molecule has 0 aliphatic carbocycles. The number of anilines is 2. The van der Waals surface area contributed by atoms with Gasteiger partial charge in [-0.05, 0) is 49.0 Å². The third-order valence-electron chi connectivity index (χ3n) is 5.12. The van der Waals surface area contributed by atoms with Gasteiger partial charge in [-0.2, -0.15) is 15.2 Å². The molecule has 1 saturated heterocycles. The summed E-state index contributed by atoms with van der Waals surface area (Å²) in [5.74, 6) is 2.00. The van der Waals surface area contributed by atoms with Crippen LogP contribution in [-0.2, 0) is 4.74 Å². The third kappa shape index (κ3) is 3.72. The number of H-pyrrole nitrogens is 2. The molecule has 30 heavy (non-hydrogen) atoms. The maximum atomic E-state index is 5.96. The Morgan fingerprint density at radius 3 is 2.77 bits per heavy atom. The van der Waals surface area contributed by atoms with Gasteiger partial charge in [0, 0.05) is 16.6 Å². The van der Waals surface area contributed by atoms with E-state index in [0.29, 0.717) is 31.6 Å². The van der Waals surface area contributed by atoms with E-state index in [1.807, 2.05) is 42.5 Å². The second-order valence-electron chi connectivity index (χ2n) is 7.42. The highest BCUT2D eigenvalue weighted by molar-refractivity contribution is 5.82. The Bertz CT molecular complexity index is 1130. The highest BCUT2D eigenvalue weighted by Crippen LogP contribution is 2.24.